The van der Waals surface area contributed by atoms with Crippen molar-refractivity contribution in [1.82, 2.24) is 0 Å². The topological polar surface area (TPSA) is 35.5 Å². The first-order valence-electron chi connectivity index (χ1n) is 7.01. The molecule has 1 aliphatic heterocycles. The summed E-state index contributed by atoms with van der Waals surface area (Å²) in [4.78, 5) is 11.2. The maximum Gasteiger partial charge on any atom is 0.333 e. The van der Waals surface area contributed by atoms with Gasteiger partial charge in [-0.05, 0) is 37.5 Å². The van der Waals surface area contributed by atoms with Gasteiger partial charge in [0.05, 0.1) is 6.10 Å². The molecule has 0 saturated heterocycles. The fourth-order valence-corrected chi connectivity index (χ4v) is 3.05. The molecule has 0 unspecified atom stereocenters. The summed E-state index contributed by atoms with van der Waals surface area (Å²) in [6.07, 6.45) is 4.86. The van der Waals surface area contributed by atoms with Gasteiger partial charge in [0.2, 0.25) is 6.29 Å². The van der Waals surface area contributed by atoms with E-state index in [2.05, 4.69) is 20.8 Å². The van der Waals surface area contributed by atoms with Gasteiger partial charge in [0.25, 0.3) is 0 Å². The zero-order valence-corrected chi connectivity index (χ0v) is 11.8. The zero-order valence-electron chi connectivity index (χ0n) is 11.8. The van der Waals surface area contributed by atoms with Crippen molar-refractivity contribution in [3.8, 4) is 0 Å². The molecule has 0 spiro atoms. The highest BCUT2D eigenvalue weighted by molar-refractivity contribution is 5.85. The van der Waals surface area contributed by atoms with Crippen molar-refractivity contribution in [3.63, 3.8) is 0 Å². The zero-order chi connectivity index (χ0) is 13.3. The molecular weight excluding hydrogens is 228 g/mol. The first-order valence-corrected chi connectivity index (χ1v) is 7.01. The highest BCUT2D eigenvalue weighted by Gasteiger charge is 2.35. The number of cyclic esters (lactones) is 1. The van der Waals surface area contributed by atoms with Crippen LogP contribution in [-0.4, -0.2) is 18.4 Å². The minimum atomic E-state index is -0.450. The van der Waals surface area contributed by atoms with Crippen LogP contribution in [0.4, 0.5) is 0 Å². The van der Waals surface area contributed by atoms with Crippen LogP contribution in [0.15, 0.2) is 11.6 Å². The van der Waals surface area contributed by atoms with Gasteiger partial charge in [0, 0.05) is 11.6 Å². The third kappa shape index (κ3) is 2.94. The van der Waals surface area contributed by atoms with Crippen LogP contribution >= 0.6 is 0 Å². The van der Waals surface area contributed by atoms with Crippen molar-refractivity contribution >= 4 is 5.97 Å². The number of esters is 1. The van der Waals surface area contributed by atoms with Crippen LogP contribution in [0.5, 0.6) is 0 Å². The lowest BCUT2D eigenvalue weighted by Gasteiger charge is -2.38. The monoisotopic (exact) mass is 252 g/mol. The van der Waals surface area contributed by atoms with E-state index in [1.165, 1.54) is 18.9 Å². The largest absolute Gasteiger partial charge is 0.428 e. The van der Waals surface area contributed by atoms with Crippen LogP contribution in [0.25, 0.3) is 0 Å². The molecule has 1 saturated carbocycles. The first-order chi connectivity index (χ1) is 8.47. The Balaban J connectivity index is 2.01. The molecule has 1 aliphatic carbocycles. The number of rotatable bonds is 3. The van der Waals surface area contributed by atoms with Crippen molar-refractivity contribution < 1.29 is 14.3 Å². The van der Waals surface area contributed by atoms with E-state index >= 15 is 0 Å². The Labute approximate surface area is 110 Å². The SMILES string of the molecule is CC1=CC(=O)O[C@@H]1O[C@@H]1C[C@H](C)CC[C@H]1C(C)C. The summed E-state index contributed by atoms with van der Waals surface area (Å²) in [5, 5.41) is 0. The summed E-state index contributed by atoms with van der Waals surface area (Å²) in [5.41, 5.74) is 0.890. The molecule has 0 N–H and O–H groups in total. The minimum absolute atomic E-state index is 0.216. The first kappa shape index (κ1) is 13.6. The molecule has 4 atom stereocenters. The Morgan fingerprint density at radius 1 is 1.39 bits per heavy atom. The van der Waals surface area contributed by atoms with Crippen molar-refractivity contribution in [3.05, 3.63) is 11.6 Å². The molecule has 0 aromatic carbocycles. The second-order valence-corrected chi connectivity index (χ2v) is 6.16. The molecule has 2 rings (SSSR count). The molecule has 0 radical (unpaired) electrons. The maximum absolute atomic E-state index is 11.2. The average molecular weight is 252 g/mol. The predicted octanol–water partition coefficient (Wildman–Crippen LogP) is 3.29. The number of carbonyl (C=O) groups excluding carboxylic acids is 1. The Bertz CT molecular complexity index is 346. The van der Waals surface area contributed by atoms with Crippen molar-refractivity contribution in [2.45, 2.75) is 59.4 Å². The van der Waals surface area contributed by atoms with Crippen molar-refractivity contribution in [2.24, 2.45) is 17.8 Å². The summed E-state index contributed by atoms with van der Waals surface area (Å²) < 4.78 is 11.3. The van der Waals surface area contributed by atoms with Crippen LogP contribution in [0.2, 0.25) is 0 Å². The lowest BCUT2D eigenvalue weighted by molar-refractivity contribution is -0.180. The van der Waals surface area contributed by atoms with E-state index in [1.807, 2.05) is 6.92 Å². The Morgan fingerprint density at radius 3 is 2.67 bits per heavy atom. The fourth-order valence-electron chi connectivity index (χ4n) is 3.05. The highest BCUT2D eigenvalue weighted by atomic mass is 16.7. The van der Waals surface area contributed by atoms with E-state index in [9.17, 15) is 4.79 Å². The van der Waals surface area contributed by atoms with Crippen molar-refractivity contribution in [2.75, 3.05) is 0 Å². The molecule has 0 bridgehead atoms. The summed E-state index contributed by atoms with van der Waals surface area (Å²) in [7, 11) is 0. The molecule has 0 aromatic heterocycles. The summed E-state index contributed by atoms with van der Waals surface area (Å²) in [6.45, 7) is 8.67. The number of carbonyl (C=O) groups is 1. The molecule has 18 heavy (non-hydrogen) atoms. The second kappa shape index (κ2) is 5.43. The van der Waals surface area contributed by atoms with Gasteiger partial charge in [0.15, 0.2) is 0 Å². The number of hydrogen-bond donors (Lipinski definition) is 0. The molecule has 0 aromatic rings. The molecule has 1 fully saturated rings. The van der Waals surface area contributed by atoms with E-state index in [4.69, 9.17) is 9.47 Å². The maximum atomic E-state index is 11.2. The van der Waals surface area contributed by atoms with E-state index < -0.39 is 6.29 Å². The van der Waals surface area contributed by atoms with Crippen LogP contribution in [-0.2, 0) is 14.3 Å². The van der Waals surface area contributed by atoms with Crippen LogP contribution in [0, 0.1) is 17.8 Å². The quantitative estimate of drug-likeness (QED) is 0.723. The molecular formula is C15H24O3. The third-order valence-electron chi connectivity index (χ3n) is 4.20. The Kier molecular flexibility index (Phi) is 4.10. The lowest BCUT2D eigenvalue weighted by atomic mass is 9.75. The van der Waals surface area contributed by atoms with E-state index in [1.54, 1.807) is 0 Å². The van der Waals surface area contributed by atoms with Gasteiger partial charge in [-0.1, -0.05) is 27.2 Å². The van der Waals surface area contributed by atoms with E-state index in [0.29, 0.717) is 17.8 Å². The Morgan fingerprint density at radius 2 is 2.11 bits per heavy atom. The number of hydrogen-bond acceptors (Lipinski definition) is 3. The van der Waals surface area contributed by atoms with Crippen molar-refractivity contribution in [1.29, 1.82) is 0 Å². The second-order valence-electron chi connectivity index (χ2n) is 6.16. The fraction of sp³-hybridized carbons (Fsp3) is 0.800. The molecule has 3 nitrogen and oxygen atoms in total. The lowest BCUT2D eigenvalue weighted by Crippen LogP contribution is -2.37. The molecule has 2 aliphatic rings. The van der Waals surface area contributed by atoms with Gasteiger partial charge in [-0.15, -0.1) is 0 Å². The number of ether oxygens (including phenoxy) is 2. The highest BCUT2D eigenvalue weighted by Crippen LogP contribution is 2.37. The molecule has 102 valence electrons. The van der Waals surface area contributed by atoms with Gasteiger partial charge in [-0.2, -0.15) is 0 Å². The summed E-state index contributed by atoms with van der Waals surface area (Å²) in [5.74, 6) is 1.62. The predicted molar refractivity (Wildman–Crippen MR) is 69.9 cm³/mol. The summed E-state index contributed by atoms with van der Waals surface area (Å²) >= 11 is 0. The van der Waals surface area contributed by atoms with Gasteiger partial charge in [-0.25, -0.2) is 4.79 Å². The third-order valence-corrected chi connectivity index (χ3v) is 4.20. The molecule has 0 amide bonds. The van der Waals surface area contributed by atoms with Crippen LogP contribution < -0.4 is 0 Å². The van der Waals surface area contributed by atoms with E-state index in [-0.39, 0.29) is 12.1 Å². The van der Waals surface area contributed by atoms with Crippen LogP contribution in [0.1, 0.15) is 47.0 Å². The normalized spacial score (nSPS) is 36.7. The van der Waals surface area contributed by atoms with Gasteiger partial charge in [0.1, 0.15) is 0 Å². The van der Waals surface area contributed by atoms with Gasteiger partial charge in [-0.3, -0.25) is 0 Å². The summed E-state index contributed by atoms with van der Waals surface area (Å²) in [6, 6.07) is 0. The van der Waals surface area contributed by atoms with Gasteiger partial charge >= 0.3 is 5.97 Å². The minimum Gasteiger partial charge on any atom is -0.428 e. The van der Waals surface area contributed by atoms with Crippen LogP contribution in [0.3, 0.4) is 0 Å². The smallest absolute Gasteiger partial charge is 0.333 e. The Hall–Kier alpha value is -0.830. The average Bonchev–Trinajstić information content (AvgIpc) is 2.57. The van der Waals surface area contributed by atoms with Gasteiger partial charge < -0.3 is 9.47 Å². The molecule has 3 heteroatoms. The molecule has 1 heterocycles. The van der Waals surface area contributed by atoms with E-state index in [0.717, 1.165) is 12.0 Å². The standard InChI is InChI=1S/C15H24O3/c1-9(2)12-6-5-10(3)7-13(12)17-15-11(4)8-14(16)18-15/h8-10,12-13,15H,5-7H2,1-4H3/t10-,12+,13-,15+/m1/s1.